The van der Waals surface area contributed by atoms with Crippen molar-refractivity contribution in [1.82, 2.24) is 4.90 Å². The first-order chi connectivity index (χ1) is 6.25. The molecular formula is C9H13BrN2S. The van der Waals surface area contributed by atoms with Crippen LogP contribution in [0.25, 0.3) is 0 Å². The van der Waals surface area contributed by atoms with Crippen molar-refractivity contribution in [3.05, 3.63) is 20.8 Å². The summed E-state index contributed by atoms with van der Waals surface area (Å²) in [6.07, 6.45) is 1.14. The number of halogens is 1. The molecule has 0 saturated carbocycles. The molecule has 13 heavy (non-hydrogen) atoms. The van der Waals surface area contributed by atoms with Crippen molar-refractivity contribution in [3.63, 3.8) is 0 Å². The molecule has 0 bridgehead atoms. The summed E-state index contributed by atoms with van der Waals surface area (Å²) in [5, 5.41) is 2.12. The molecule has 4 heteroatoms. The quantitative estimate of drug-likeness (QED) is 0.882. The van der Waals surface area contributed by atoms with Gasteiger partial charge in [0.25, 0.3) is 0 Å². The highest BCUT2D eigenvalue weighted by molar-refractivity contribution is 9.10. The van der Waals surface area contributed by atoms with Crippen LogP contribution in [-0.2, 0) is 6.54 Å². The van der Waals surface area contributed by atoms with E-state index in [-0.39, 0.29) is 0 Å². The molecule has 1 aromatic heterocycles. The maximum absolute atomic E-state index is 5.84. The van der Waals surface area contributed by atoms with Crippen LogP contribution < -0.4 is 5.73 Å². The van der Waals surface area contributed by atoms with E-state index in [1.807, 2.05) is 11.3 Å². The molecule has 0 amide bonds. The van der Waals surface area contributed by atoms with Gasteiger partial charge in [-0.1, -0.05) is 0 Å². The Bertz CT molecular complexity index is 287. The van der Waals surface area contributed by atoms with E-state index in [1.165, 1.54) is 9.35 Å². The molecule has 0 aliphatic carbocycles. The standard InChI is InChI=1S/C9H13BrN2S/c10-8-2-4-13-9(8)6-12-3-1-7(11)5-12/h2,4,7H,1,3,5-6,11H2/t7-/m1/s1. The van der Waals surface area contributed by atoms with Gasteiger partial charge in [0.2, 0.25) is 0 Å². The number of likely N-dealkylation sites (tertiary alicyclic amines) is 1. The van der Waals surface area contributed by atoms with Crippen LogP contribution in [-0.4, -0.2) is 24.0 Å². The zero-order valence-electron chi connectivity index (χ0n) is 7.37. The molecule has 1 fully saturated rings. The fourth-order valence-electron chi connectivity index (χ4n) is 1.65. The van der Waals surface area contributed by atoms with Crippen molar-refractivity contribution < 1.29 is 0 Å². The molecule has 2 rings (SSSR count). The molecule has 2 N–H and O–H groups in total. The fourth-order valence-corrected chi connectivity index (χ4v) is 3.17. The molecule has 0 aromatic carbocycles. The van der Waals surface area contributed by atoms with Gasteiger partial charge in [-0.15, -0.1) is 11.3 Å². The molecule has 0 unspecified atom stereocenters. The van der Waals surface area contributed by atoms with E-state index in [4.69, 9.17) is 5.73 Å². The van der Waals surface area contributed by atoms with E-state index in [0.717, 1.165) is 26.1 Å². The maximum atomic E-state index is 5.84. The number of rotatable bonds is 2. The summed E-state index contributed by atoms with van der Waals surface area (Å²) >= 11 is 5.35. The Morgan fingerprint density at radius 1 is 1.69 bits per heavy atom. The third kappa shape index (κ3) is 2.31. The summed E-state index contributed by atoms with van der Waals surface area (Å²) in [6.45, 7) is 3.24. The summed E-state index contributed by atoms with van der Waals surface area (Å²) in [4.78, 5) is 3.83. The minimum Gasteiger partial charge on any atom is -0.326 e. The zero-order valence-corrected chi connectivity index (χ0v) is 9.77. The molecule has 72 valence electrons. The molecule has 1 aliphatic heterocycles. The Hall–Kier alpha value is 0.100. The zero-order chi connectivity index (χ0) is 9.26. The lowest BCUT2D eigenvalue weighted by molar-refractivity contribution is 0.329. The molecule has 1 aliphatic rings. The molecule has 0 radical (unpaired) electrons. The summed E-state index contributed by atoms with van der Waals surface area (Å²) < 4.78 is 1.23. The summed E-state index contributed by atoms with van der Waals surface area (Å²) in [6, 6.07) is 2.49. The van der Waals surface area contributed by atoms with Gasteiger partial charge < -0.3 is 5.73 Å². The lowest BCUT2D eigenvalue weighted by Gasteiger charge is -2.13. The van der Waals surface area contributed by atoms with Gasteiger partial charge in [-0.3, -0.25) is 4.90 Å². The SMILES string of the molecule is N[C@@H]1CCN(Cc2sccc2Br)C1. The fraction of sp³-hybridized carbons (Fsp3) is 0.556. The number of hydrogen-bond donors (Lipinski definition) is 1. The average molecular weight is 261 g/mol. The molecule has 2 heterocycles. The minimum absolute atomic E-state index is 0.388. The highest BCUT2D eigenvalue weighted by atomic mass is 79.9. The molecule has 0 spiro atoms. The van der Waals surface area contributed by atoms with E-state index in [9.17, 15) is 0 Å². The first-order valence-corrected chi connectivity index (χ1v) is 6.13. The molecule has 1 aromatic rings. The predicted molar refractivity (Wildman–Crippen MR) is 59.9 cm³/mol. The Morgan fingerprint density at radius 2 is 2.54 bits per heavy atom. The largest absolute Gasteiger partial charge is 0.326 e. The van der Waals surface area contributed by atoms with Gasteiger partial charge in [0, 0.05) is 35.0 Å². The highest BCUT2D eigenvalue weighted by Gasteiger charge is 2.19. The van der Waals surface area contributed by atoms with Crippen LogP contribution in [0.1, 0.15) is 11.3 Å². The van der Waals surface area contributed by atoms with Crippen LogP contribution in [0.15, 0.2) is 15.9 Å². The van der Waals surface area contributed by atoms with Crippen molar-refractivity contribution >= 4 is 27.3 Å². The second-order valence-corrected chi connectivity index (χ2v) is 5.33. The van der Waals surface area contributed by atoms with Gasteiger partial charge in [0.05, 0.1) is 0 Å². The Balaban J connectivity index is 1.95. The van der Waals surface area contributed by atoms with Crippen molar-refractivity contribution in [2.24, 2.45) is 5.73 Å². The third-order valence-electron chi connectivity index (χ3n) is 2.37. The molecule has 2 nitrogen and oxygen atoms in total. The van der Waals surface area contributed by atoms with E-state index in [2.05, 4.69) is 32.3 Å². The number of thiophene rings is 1. The van der Waals surface area contributed by atoms with E-state index < -0.39 is 0 Å². The number of hydrogen-bond acceptors (Lipinski definition) is 3. The Morgan fingerprint density at radius 3 is 3.08 bits per heavy atom. The normalized spacial score (nSPS) is 24.0. The lowest BCUT2D eigenvalue weighted by atomic mass is 10.3. The van der Waals surface area contributed by atoms with Gasteiger partial charge in [0.15, 0.2) is 0 Å². The second kappa shape index (κ2) is 4.09. The van der Waals surface area contributed by atoms with E-state index >= 15 is 0 Å². The maximum Gasteiger partial charge on any atom is 0.0339 e. The van der Waals surface area contributed by atoms with Gasteiger partial charge in [0.1, 0.15) is 0 Å². The minimum atomic E-state index is 0.388. The second-order valence-electron chi connectivity index (χ2n) is 3.48. The average Bonchev–Trinajstić information content (AvgIpc) is 2.64. The topological polar surface area (TPSA) is 29.3 Å². The molecule has 1 atom stereocenters. The number of nitrogens with two attached hydrogens (primary N) is 1. The first-order valence-electron chi connectivity index (χ1n) is 4.45. The van der Waals surface area contributed by atoms with Gasteiger partial charge in [-0.05, 0) is 33.8 Å². The first kappa shape index (κ1) is 9.65. The summed E-state index contributed by atoms with van der Waals surface area (Å²) in [7, 11) is 0. The van der Waals surface area contributed by atoms with Gasteiger partial charge in [-0.2, -0.15) is 0 Å². The summed E-state index contributed by atoms with van der Waals surface area (Å²) in [5.41, 5.74) is 5.84. The van der Waals surface area contributed by atoms with Crippen LogP contribution in [0.3, 0.4) is 0 Å². The van der Waals surface area contributed by atoms with Crippen molar-refractivity contribution in [2.45, 2.75) is 19.0 Å². The van der Waals surface area contributed by atoms with Crippen LogP contribution in [0.4, 0.5) is 0 Å². The third-order valence-corrected chi connectivity index (χ3v) is 4.28. The molecular weight excluding hydrogens is 248 g/mol. The smallest absolute Gasteiger partial charge is 0.0339 e. The van der Waals surface area contributed by atoms with Crippen molar-refractivity contribution in [3.8, 4) is 0 Å². The van der Waals surface area contributed by atoms with Gasteiger partial charge in [-0.25, -0.2) is 0 Å². The van der Waals surface area contributed by atoms with Crippen LogP contribution in [0, 0.1) is 0 Å². The lowest BCUT2D eigenvalue weighted by Crippen LogP contribution is -2.26. The van der Waals surface area contributed by atoms with Crippen LogP contribution >= 0.6 is 27.3 Å². The highest BCUT2D eigenvalue weighted by Crippen LogP contribution is 2.25. The van der Waals surface area contributed by atoms with Gasteiger partial charge >= 0.3 is 0 Å². The predicted octanol–water partition coefficient (Wildman–Crippen LogP) is 2.04. The van der Waals surface area contributed by atoms with Crippen LogP contribution in [0.2, 0.25) is 0 Å². The van der Waals surface area contributed by atoms with Crippen LogP contribution in [0.5, 0.6) is 0 Å². The monoisotopic (exact) mass is 260 g/mol. The Kier molecular flexibility index (Phi) is 3.03. The summed E-state index contributed by atoms with van der Waals surface area (Å²) in [5.74, 6) is 0. The van der Waals surface area contributed by atoms with Crippen molar-refractivity contribution in [2.75, 3.05) is 13.1 Å². The number of nitrogens with zero attached hydrogens (tertiary/aromatic N) is 1. The van der Waals surface area contributed by atoms with Crippen molar-refractivity contribution in [1.29, 1.82) is 0 Å². The Labute approximate surface area is 90.9 Å². The van der Waals surface area contributed by atoms with E-state index in [0.29, 0.717) is 6.04 Å². The van der Waals surface area contributed by atoms with E-state index in [1.54, 1.807) is 0 Å². The molecule has 1 saturated heterocycles.